The van der Waals surface area contributed by atoms with Crippen LogP contribution in [0.3, 0.4) is 0 Å². The van der Waals surface area contributed by atoms with Crippen LogP contribution in [0.2, 0.25) is 0 Å². The van der Waals surface area contributed by atoms with Gasteiger partial charge in [0.25, 0.3) is 0 Å². The Balaban J connectivity index is 1.12. The van der Waals surface area contributed by atoms with E-state index in [1.807, 2.05) is 153 Å². The molecule has 0 unspecified atom stereocenters. The summed E-state index contributed by atoms with van der Waals surface area (Å²) in [5, 5.41) is 2.83. The van der Waals surface area contributed by atoms with Crippen molar-refractivity contribution >= 4 is 23.9 Å². The maximum absolute atomic E-state index is 15.0. The first-order valence-electron chi connectivity index (χ1n) is 22.2. The highest BCUT2D eigenvalue weighted by molar-refractivity contribution is 5.93. The molecule has 4 atom stereocenters. The van der Waals surface area contributed by atoms with Gasteiger partial charge in [-0.1, -0.05) is 172 Å². The lowest BCUT2D eigenvalue weighted by Crippen LogP contribution is -2.57. The van der Waals surface area contributed by atoms with Crippen molar-refractivity contribution in [3.05, 3.63) is 197 Å². The molecule has 0 fully saturated rings. The molecule has 6 aromatic rings. The first-order chi connectivity index (χ1) is 31.5. The van der Waals surface area contributed by atoms with E-state index in [1.54, 1.807) is 33.2 Å². The van der Waals surface area contributed by atoms with Gasteiger partial charge in [0.05, 0.1) is 7.11 Å². The Kier molecular flexibility index (Phi) is 14.5. The van der Waals surface area contributed by atoms with E-state index < -0.39 is 47.6 Å². The Labute approximate surface area is 382 Å². The third-order valence-corrected chi connectivity index (χ3v) is 12.8. The number of hydrogen-bond donors (Lipinski definition) is 1. The second-order valence-electron chi connectivity index (χ2n) is 16.7. The maximum atomic E-state index is 15.0. The second-order valence-corrected chi connectivity index (χ2v) is 16.7. The third-order valence-electron chi connectivity index (χ3n) is 12.8. The van der Waals surface area contributed by atoms with Crippen LogP contribution in [0.25, 0.3) is 11.1 Å². The van der Waals surface area contributed by atoms with Crippen LogP contribution in [0, 0.1) is 5.92 Å². The second kappa shape index (κ2) is 20.5. The molecule has 1 N–H and O–H groups in total. The van der Waals surface area contributed by atoms with Gasteiger partial charge in [-0.15, -0.1) is 0 Å². The molecule has 1 aliphatic rings. The normalized spacial score (nSPS) is 13.8. The van der Waals surface area contributed by atoms with Crippen molar-refractivity contribution in [2.45, 2.75) is 63.3 Å². The lowest BCUT2D eigenvalue weighted by molar-refractivity contribution is -0.166. The lowest BCUT2D eigenvalue weighted by atomic mass is 9.80. The van der Waals surface area contributed by atoms with Crippen molar-refractivity contribution in [2.24, 2.45) is 5.92 Å². The number of carbonyl (C=O) groups excluding carboxylic acids is 4. The average Bonchev–Trinajstić information content (AvgIpc) is 3.68. The number of methoxy groups -OCH3 is 1. The van der Waals surface area contributed by atoms with Crippen LogP contribution in [-0.4, -0.2) is 79.6 Å². The molecule has 0 bridgehead atoms. The third kappa shape index (κ3) is 9.67. The van der Waals surface area contributed by atoms with Gasteiger partial charge in [0.2, 0.25) is 11.8 Å². The highest BCUT2D eigenvalue weighted by atomic mass is 16.6. The molecule has 3 amide bonds. The van der Waals surface area contributed by atoms with Crippen LogP contribution < -0.4 is 10.1 Å². The summed E-state index contributed by atoms with van der Waals surface area (Å²) in [5.41, 5.74) is 5.96. The fourth-order valence-corrected chi connectivity index (χ4v) is 8.92. The summed E-state index contributed by atoms with van der Waals surface area (Å²) in [4.78, 5) is 60.6. The maximum Gasteiger partial charge on any atom is 0.407 e. The molecule has 0 aromatic heterocycles. The molecule has 0 radical (unpaired) electrons. The number of benzene rings is 6. The summed E-state index contributed by atoms with van der Waals surface area (Å²) in [6.07, 6.45) is -0.0958. The number of rotatable bonds is 17. The predicted molar refractivity (Wildman–Crippen MR) is 252 cm³/mol. The van der Waals surface area contributed by atoms with E-state index >= 15 is 0 Å². The Morgan fingerprint density at radius 2 is 1.11 bits per heavy atom. The van der Waals surface area contributed by atoms with Gasteiger partial charge in [-0.2, -0.15) is 0 Å². The number of esters is 1. The molecule has 6 aromatic carbocycles. The molecule has 0 aliphatic heterocycles. The fourth-order valence-electron chi connectivity index (χ4n) is 8.92. The van der Waals surface area contributed by atoms with Gasteiger partial charge in [0.1, 0.15) is 30.5 Å². The zero-order valence-corrected chi connectivity index (χ0v) is 37.8. The summed E-state index contributed by atoms with van der Waals surface area (Å²) in [6.45, 7) is 5.55. The van der Waals surface area contributed by atoms with Gasteiger partial charge in [0, 0.05) is 43.1 Å². The van der Waals surface area contributed by atoms with Crippen LogP contribution in [0.5, 0.6) is 5.75 Å². The number of amides is 3. The monoisotopic (exact) mass is 871 g/mol. The highest BCUT2D eigenvalue weighted by Gasteiger charge is 2.45. The van der Waals surface area contributed by atoms with Crippen molar-refractivity contribution in [2.75, 3.05) is 27.8 Å². The minimum absolute atomic E-state index is 0.0615. The van der Waals surface area contributed by atoms with Gasteiger partial charge < -0.3 is 29.3 Å². The van der Waals surface area contributed by atoms with Crippen molar-refractivity contribution in [3.63, 3.8) is 0 Å². The summed E-state index contributed by atoms with van der Waals surface area (Å²) >= 11 is 0. The molecule has 0 saturated carbocycles. The van der Waals surface area contributed by atoms with Crippen molar-refractivity contribution in [1.82, 2.24) is 15.1 Å². The van der Waals surface area contributed by atoms with Crippen LogP contribution in [0.1, 0.15) is 66.5 Å². The number of alkyl carbamates (subject to hydrolysis) is 1. The molecule has 0 saturated heterocycles. The SMILES string of the molecule is CC[C@H](C)[C@@H](C(=O)OC(c1ccccc1)(c1ccccc1)c1ccccc1)N(C)C(=O)[C@H](C)N(C)C(=O)[C@H](Cc1ccc(OC)cc1)NC(=O)OCC1c2ccccc2-c2ccccc21. The number of carbonyl (C=O) groups is 4. The molecule has 10 heteroatoms. The van der Waals surface area contributed by atoms with Gasteiger partial charge in [0.15, 0.2) is 5.60 Å². The molecule has 1 aliphatic carbocycles. The van der Waals surface area contributed by atoms with E-state index in [9.17, 15) is 19.2 Å². The van der Waals surface area contributed by atoms with E-state index in [1.165, 1.54) is 16.8 Å². The number of fused-ring (bicyclic) bond motifs is 3. The van der Waals surface area contributed by atoms with Gasteiger partial charge in [-0.25, -0.2) is 9.59 Å². The number of ether oxygens (including phenoxy) is 3. The van der Waals surface area contributed by atoms with Crippen LogP contribution in [0.4, 0.5) is 4.79 Å². The van der Waals surface area contributed by atoms with E-state index in [0.717, 1.165) is 44.5 Å². The van der Waals surface area contributed by atoms with E-state index in [0.29, 0.717) is 12.2 Å². The van der Waals surface area contributed by atoms with Gasteiger partial charge in [-0.3, -0.25) is 9.59 Å². The molecular formula is C55H57N3O7. The number of nitrogens with zero attached hydrogens (tertiary/aromatic N) is 2. The zero-order valence-electron chi connectivity index (χ0n) is 37.8. The van der Waals surface area contributed by atoms with Crippen molar-refractivity contribution in [3.8, 4) is 16.9 Å². The highest BCUT2D eigenvalue weighted by Crippen LogP contribution is 2.45. The smallest absolute Gasteiger partial charge is 0.407 e. The molecule has 7 rings (SSSR count). The predicted octanol–water partition coefficient (Wildman–Crippen LogP) is 9.40. The molecule has 0 heterocycles. The number of hydrogen-bond acceptors (Lipinski definition) is 7. The summed E-state index contributed by atoms with van der Waals surface area (Å²) in [7, 11) is 4.68. The quantitative estimate of drug-likeness (QED) is 0.0718. The minimum Gasteiger partial charge on any atom is -0.497 e. The Hall–Kier alpha value is -7.20. The molecular weight excluding hydrogens is 815 g/mol. The minimum atomic E-state index is -1.35. The van der Waals surface area contributed by atoms with E-state index in [-0.39, 0.29) is 24.9 Å². The van der Waals surface area contributed by atoms with Crippen molar-refractivity contribution < 1.29 is 33.4 Å². The summed E-state index contributed by atoms with van der Waals surface area (Å²) in [6, 6.07) is 48.9. The fraction of sp³-hybridized carbons (Fsp3) is 0.273. The van der Waals surface area contributed by atoms with Crippen molar-refractivity contribution in [1.29, 1.82) is 0 Å². The van der Waals surface area contributed by atoms with Crippen LogP contribution in [0.15, 0.2) is 164 Å². The lowest BCUT2D eigenvalue weighted by Gasteiger charge is -2.40. The molecule has 0 spiro atoms. The Morgan fingerprint density at radius 3 is 1.58 bits per heavy atom. The Bertz CT molecular complexity index is 2430. The van der Waals surface area contributed by atoms with Crippen LogP contribution >= 0.6 is 0 Å². The summed E-state index contributed by atoms with van der Waals surface area (Å²) in [5.74, 6) is -1.45. The van der Waals surface area contributed by atoms with Gasteiger partial charge in [-0.05, 0) is 52.8 Å². The average molecular weight is 872 g/mol. The van der Waals surface area contributed by atoms with E-state index in [4.69, 9.17) is 14.2 Å². The first kappa shape index (κ1) is 45.8. The molecule has 65 heavy (non-hydrogen) atoms. The number of likely N-dealkylation sites (N-methyl/N-ethyl adjacent to an activating group) is 2. The molecule has 334 valence electrons. The topological polar surface area (TPSA) is 114 Å². The largest absolute Gasteiger partial charge is 0.497 e. The zero-order chi connectivity index (χ0) is 46.1. The first-order valence-corrected chi connectivity index (χ1v) is 22.2. The van der Waals surface area contributed by atoms with E-state index in [2.05, 4.69) is 17.4 Å². The summed E-state index contributed by atoms with van der Waals surface area (Å²) < 4.78 is 18.1. The Morgan fingerprint density at radius 1 is 0.631 bits per heavy atom. The van der Waals surface area contributed by atoms with Gasteiger partial charge >= 0.3 is 12.1 Å². The molecule has 10 nitrogen and oxygen atoms in total. The van der Waals surface area contributed by atoms with Crippen LogP contribution in [-0.2, 0) is 35.9 Å². The number of nitrogens with one attached hydrogen (secondary N) is 1. The standard InChI is InChI=1S/C55H57N3O7/c1-7-37(2)50(53(61)65-55(40-21-11-8-12-22-40,41-23-13-9-14-24-41)42-25-15-10-16-26-42)58(5)51(59)38(3)57(4)52(60)49(35-39-31-33-43(63-6)34-32-39)56-54(62)64-36-48-46-29-19-17-27-44(46)45-28-18-20-30-47(45)48/h8-34,37-38,48-50H,7,35-36H2,1-6H3,(H,56,62)/t37-,38-,49-,50-/m0/s1.